The molecule has 0 radical (unpaired) electrons. The Balaban J connectivity index is 2.49. The number of nitrogen functional groups attached to an aromatic ring is 1. The molecule has 2 rings (SSSR count). The monoisotopic (exact) mass is 292 g/mol. The number of nitrogens with two attached hydrogens (primary N) is 2. The first-order chi connectivity index (χ1) is 9.90. The van der Waals surface area contributed by atoms with E-state index in [1.807, 2.05) is 0 Å². The quantitative estimate of drug-likeness (QED) is 0.600. The second-order valence-electron chi connectivity index (χ2n) is 4.42. The van der Waals surface area contributed by atoms with Gasteiger partial charge in [0.15, 0.2) is 0 Å². The summed E-state index contributed by atoms with van der Waals surface area (Å²) in [5.41, 5.74) is 11.1. The first-order valence-corrected chi connectivity index (χ1v) is 6.00. The lowest BCUT2D eigenvalue weighted by Gasteiger charge is -2.15. The summed E-state index contributed by atoms with van der Waals surface area (Å²) in [6.45, 7) is 0. The molecule has 0 saturated heterocycles. The number of hydrogen-bond acceptors (Lipinski definition) is 5. The summed E-state index contributed by atoms with van der Waals surface area (Å²) in [4.78, 5) is 25.9. The number of nitrogens with zero attached hydrogens (tertiary/aromatic N) is 1. The molecule has 1 aromatic heterocycles. The van der Waals surface area contributed by atoms with E-state index >= 15 is 0 Å². The molecular weight excluding hydrogens is 279 g/mol. The van der Waals surface area contributed by atoms with Crippen molar-refractivity contribution in [1.29, 1.82) is 0 Å². The fourth-order valence-electron chi connectivity index (χ4n) is 1.96. The maximum Gasteiger partial charge on any atom is 0.326 e. The highest BCUT2D eigenvalue weighted by Gasteiger charge is 2.22. The van der Waals surface area contributed by atoms with Crippen molar-refractivity contribution in [3.8, 4) is 0 Å². The highest BCUT2D eigenvalue weighted by Crippen LogP contribution is 2.29. The van der Waals surface area contributed by atoms with Gasteiger partial charge in [-0.05, 0) is 18.2 Å². The minimum Gasteiger partial charge on any atom is -0.480 e. The van der Waals surface area contributed by atoms with Gasteiger partial charge in [-0.25, -0.2) is 14.2 Å². The van der Waals surface area contributed by atoms with E-state index in [1.54, 1.807) is 0 Å². The standard InChI is InChI=1S/C13H13FN4O3/c14-7-1-2-8(15)6-3-4-17-12(11(6)7)18-9(13(20)21)5-10(16)19/h1-4,9H,5,15H2,(H2,16,19)(H,17,18)(H,20,21). The molecular formula is C13H13FN4O3. The number of pyridine rings is 1. The van der Waals surface area contributed by atoms with Gasteiger partial charge in [-0.1, -0.05) is 0 Å². The normalized spacial score (nSPS) is 12.0. The average Bonchev–Trinajstić information content (AvgIpc) is 2.41. The highest BCUT2D eigenvalue weighted by atomic mass is 19.1. The molecule has 0 spiro atoms. The minimum atomic E-state index is -1.30. The molecule has 6 N–H and O–H groups in total. The van der Waals surface area contributed by atoms with Crippen molar-refractivity contribution < 1.29 is 19.1 Å². The predicted octanol–water partition coefficient (Wildman–Crippen LogP) is 0.697. The summed E-state index contributed by atoms with van der Waals surface area (Å²) in [7, 11) is 0. The van der Waals surface area contributed by atoms with Crippen LogP contribution in [0.3, 0.4) is 0 Å². The number of amides is 1. The lowest BCUT2D eigenvalue weighted by atomic mass is 10.1. The molecule has 0 aliphatic heterocycles. The van der Waals surface area contributed by atoms with Crippen LogP contribution in [0.15, 0.2) is 24.4 Å². The van der Waals surface area contributed by atoms with Crippen LogP contribution in [-0.2, 0) is 9.59 Å². The zero-order chi connectivity index (χ0) is 15.6. The van der Waals surface area contributed by atoms with Gasteiger partial charge in [0.05, 0.1) is 11.8 Å². The van der Waals surface area contributed by atoms with E-state index in [2.05, 4.69) is 10.3 Å². The molecule has 1 amide bonds. The summed E-state index contributed by atoms with van der Waals surface area (Å²) in [6.07, 6.45) is 0.918. The van der Waals surface area contributed by atoms with E-state index in [9.17, 15) is 14.0 Å². The van der Waals surface area contributed by atoms with Gasteiger partial charge in [0.2, 0.25) is 5.91 Å². The van der Waals surface area contributed by atoms with Crippen molar-refractivity contribution in [3.63, 3.8) is 0 Å². The molecule has 1 atom stereocenters. The second-order valence-corrected chi connectivity index (χ2v) is 4.42. The van der Waals surface area contributed by atoms with Crippen LogP contribution in [0.2, 0.25) is 0 Å². The number of benzene rings is 1. The van der Waals surface area contributed by atoms with Gasteiger partial charge >= 0.3 is 5.97 Å². The number of anilines is 2. The number of carbonyl (C=O) groups is 2. The van der Waals surface area contributed by atoms with E-state index in [-0.39, 0.29) is 11.2 Å². The minimum absolute atomic E-state index is 0.00838. The number of rotatable bonds is 5. The van der Waals surface area contributed by atoms with Crippen molar-refractivity contribution in [2.24, 2.45) is 5.73 Å². The number of aromatic nitrogens is 1. The molecule has 0 bridgehead atoms. The molecule has 8 heteroatoms. The third kappa shape index (κ3) is 2.99. The van der Waals surface area contributed by atoms with Gasteiger partial charge in [0.1, 0.15) is 17.7 Å². The van der Waals surface area contributed by atoms with Crippen molar-refractivity contribution in [2.45, 2.75) is 12.5 Å². The summed E-state index contributed by atoms with van der Waals surface area (Å²) >= 11 is 0. The molecule has 0 fully saturated rings. The molecule has 7 nitrogen and oxygen atoms in total. The maximum atomic E-state index is 14.0. The lowest BCUT2D eigenvalue weighted by molar-refractivity contribution is -0.139. The first-order valence-electron chi connectivity index (χ1n) is 6.00. The third-order valence-corrected chi connectivity index (χ3v) is 2.92. The number of carbonyl (C=O) groups excluding carboxylic acids is 1. The predicted molar refractivity (Wildman–Crippen MR) is 75.0 cm³/mol. The Morgan fingerprint density at radius 3 is 2.71 bits per heavy atom. The first kappa shape index (κ1) is 14.5. The third-order valence-electron chi connectivity index (χ3n) is 2.92. The molecule has 21 heavy (non-hydrogen) atoms. The van der Waals surface area contributed by atoms with Crippen LogP contribution in [0.5, 0.6) is 0 Å². The van der Waals surface area contributed by atoms with Gasteiger partial charge in [-0.2, -0.15) is 0 Å². The van der Waals surface area contributed by atoms with Crippen molar-refractivity contribution in [2.75, 3.05) is 11.1 Å². The number of carboxylic acid groups (broad SMARTS) is 1. The number of nitrogens with one attached hydrogen (secondary N) is 1. The van der Waals surface area contributed by atoms with Crippen molar-refractivity contribution in [3.05, 3.63) is 30.2 Å². The van der Waals surface area contributed by atoms with Gasteiger partial charge in [-0.3, -0.25) is 4.79 Å². The SMILES string of the molecule is NC(=O)CC(Nc1nccc2c(N)ccc(F)c12)C(=O)O. The molecule has 1 aromatic carbocycles. The summed E-state index contributed by atoms with van der Waals surface area (Å²) < 4.78 is 14.0. The van der Waals surface area contributed by atoms with E-state index in [4.69, 9.17) is 16.6 Å². The molecule has 0 aliphatic rings. The van der Waals surface area contributed by atoms with Crippen LogP contribution in [0.25, 0.3) is 10.8 Å². The van der Waals surface area contributed by atoms with Crippen LogP contribution in [0.1, 0.15) is 6.42 Å². The number of halogens is 1. The van der Waals surface area contributed by atoms with Crippen LogP contribution >= 0.6 is 0 Å². The summed E-state index contributed by atoms with van der Waals surface area (Å²) in [5, 5.41) is 12.0. The lowest BCUT2D eigenvalue weighted by Crippen LogP contribution is -2.34. The topological polar surface area (TPSA) is 131 Å². The molecule has 0 aliphatic carbocycles. The molecule has 1 heterocycles. The molecule has 110 valence electrons. The van der Waals surface area contributed by atoms with Crippen LogP contribution in [-0.4, -0.2) is 28.0 Å². The van der Waals surface area contributed by atoms with Gasteiger partial charge in [-0.15, -0.1) is 0 Å². The second kappa shape index (κ2) is 5.61. The van der Waals surface area contributed by atoms with Crippen molar-refractivity contribution in [1.82, 2.24) is 4.98 Å². The Hall–Kier alpha value is -2.90. The Labute approximate surface area is 118 Å². The zero-order valence-electron chi connectivity index (χ0n) is 10.8. The smallest absolute Gasteiger partial charge is 0.326 e. The molecule has 2 aromatic rings. The van der Waals surface area contributed by atoms with E-state index in [0.717, 1.165) is 6.07 Å². The number of primary amides is 1. The van der Waals surface area contributed by atoms with Crippen LogP contribution in [0.4, 0.5) is 15.9 Å². The number of hydrogen-bond donors (Lipinski definition) is 4. The number of aliphatic carboxylic acids is 1. The fraction of sp³-hybridized carbons (Fsp3) is 0.154. The van der Waals surface area contributed by atoms with Crippen LogP contribution in [0, 0.1) is 5.82 Å². The highest BCUT2D eigenvalue weighted by molar-refractivity contribution is 6.00. The van der Waals surface area contributed by atoms with Gasteiger partial charge < -0.3 is 21.9 Å². The Morgan fingerprint density at radius 2 is 2.10 bits per heavy atom. The van der Waals surface area contributed by atoms with E-state index < -0.39 is 30.2 Å². The number of carboxylic acids is 1. The largest absolute Gasteiger partial charge is 0.480 e. The van der Waals surface area contributed by atoms with E-state index in [1.165, 1.54) is 18.3 Å². The fourth-order valence-corrected chi connectivity index (χ4v) is 1.96. The Kier molecular flexibility index (Phi) is 3.88. The van der Waals surface area contributed by atoms with Gasteiger partial charge in [0.25, 0.3) is 0 Å². The van der Waals surface area contributed by atoms with E-state index in [0.29, 0.717) is 11.1 Å². The molecule has 1 unspecified atom stereocenters. The zero-order valence-corrected chi connectivity index (χ0v) is 10.8. The Bertz CT molecular complexity index is 720. The number of fused-ring (bicyclic) bond motifs is 1. The van der Waals surface area contributed by atoms with Crippen molar-refractivity contribution >= 4 is 34.2 Å². The maximum absolute atomic E-state index is 14.0. The van der Waals surface area contributed by atoms with Gasteiger partial charge in [0, 0.05) is 17.3 Å². The Morgan fingerprint density at radius 1 is 1.38 bits per heavy atom. The summed E-state index contributed by atoms with van der Waals surface area (Å²) in [5.74, 6) is -2.70. The van der Waals surface area contributed by atoms with Crippen LogP contribution < -0.4 is 16.8 Å². The average molecular weight is 292 g/mol. The molecule has 0 saturated carbocycles. The summed E-state index contributed by atoms with van der Waals surface area (Å²) in [6, 6.07) is 2.78.